The minimum absolute atomic E-state index is 0.331. The molecule has 1 aromatic carbocycles. The van der Waals surface area contributed by atoms with Gasteiger partial charge in [0.05, 0.1) is 6.10 Å². The second-order valence-electron chi connectivity index (χ2n) is 5.11. The van der Waals surface area contributed by atoms with Crippen molar-refractivity contribution in [3.8, 4) is 0 Å². The SMILES string of the molecule is CCOCCCC(O)c1ccccc1C1CCC1. The molecule has 0 spiro atoms. The lowest BCUT2D eigenvalue weighted by Crippen LogP contribution is -2.13. The van der Waals surface area contributed by atoms with E-state index in [2.05, 4.69) is 18.2 Å². The van der Waals surface area contributed by atoms with Crippen molar-refractivity contribution in [2.45, 2.75) is 51.0 Å². The molecule has 1 N–H and O–H groups in total. The van der Waals surface area contributed by atoms with Crippen LogP contribution in [0.2, 0.25) is 0 Å². The molecule has 0 bridgehead atoms. The standard InChI is InChI=1S/C16H24O2/c1-2-18-12-6-11-16(17)15-10-4-3-9-14(15)13-7-5-8-13/h3-4,9-10,13,16-17H,2,5-8,11-12H2,1H3. The number of aliphatic hydroxyl groups excluding tert-OH is 1. The van der Waals surface area contributed by atoms with Crippen LogP contribution in [0.25, 0.3) is 0 Å². The normalized spacial score (nSPS) is 17.4. The number of hydrogen-bond donors (Lipinski definition) is 1. The molecule has 0 radical (unpaired) electrons. The van der Waals surface area contributed by atoms with Crippen LogP contribution in [0, 0.1) is 0 Å². The van der Waals surface area contributed by atoms with E-state index in [9.17, 15) is 5.11 Å². The van der Waals surface area contributed by atoms with Gasteiger partial charge in [-0.25, -0.2) is 0 Å². The minimum Gasteiger partial charge on any atom is -0.388 e. The minimum atomic E-state index is -0.331. The van der Waals surface area contributed by atoms with Crippen molar-refractivity contribution in [2.75, 3.05) is 13.2 Å². The first-order chi connectivity index (χ1) is 8.83. The maximum absolute atomic E-state index is 10.3. The van der Waals surface area contributed by atoms with E-state index in [-0.39, 0.29) is 6.10 Å². The van der Waals surface area contributed by atoms with E-state index in [0.29, 0.717) is 5.92 Å². The van der Waals surface area contributed by atoms with Gasteiger partial charge in [-0.2, -0.15) is 0 Å². The van der Waals surface area contributed by atoms with Gasteiger partial charge < -0.3 is 9.84 Å². The molecule has 1 unspecified atom stereocenters. The Kier molecular flexibility index (Phi) is 5.21. The van der Waals surface area contributed by atoms with Gasteiger partial charge in [0.25, 0.3) is 0 Å². The van der Waals surface area contributed by atoms with Crippen LogP contribution in [-0.2, 0) is 4.74 Å². The summed E-state index contributed by atoms with van der Waals surface area (Å²) >= 11 is 0. The monoisotopic (exact) mass is 248 g/mol. The van der Waals surface area contributed by atoms with Crippen molar-refractivity contribution in [3.05, 3.63) is 35.4 Å². The molecule has 1 aliphatic rings. The van der Waals surface area contributed by atoms with E-state index in [1.54, 1.807) is 0 Å². The van der Waals surface area contributed by atoms with Crippen molar-refractivity contribution in [2.24, 2.45) is 0 Å². The summed E-state index contributed by atoms with van der Waals surface area (Å²) in [6.45, 7) is 3.51. The lowest BCUT2D eigenvalue weighted by atomic mass is 9.77. The highest BCUT2D eigenvalue weighted by atomic mass is 16.5. The summed E-state index contributed by atoms with van der Waals surface area (Å²) < 4.78 is 5.32. The van der Waals surface area contributed by atoms with Gasteiger partial charge in [0.15, 0.2) is 0 Å². The highest BCUT2D eigenvalue weighted by Crippen LogP contribution is 2.40. The topological polar surface area (TPSA) is 29.5 Å². The van der Waals surface area contributed by atoms with E-state index in [1.807, 2.05) is 13.0 Å². The molecule has 2 rings (SSSR count). The number of hydrogen-bond acceptors (Lipinski definition) is 2. The molecule has 0 amide bonds. The molecule has 1 aliphatic carbocycles. The lowest BCUT2D eigenvalue weighted by molar-refractivity contribution is 0.114. The van der Waals surface area contributed by atoms with Crippen molar-refractivity contribution in [1.82, 2.24) is 0 Å². The van der Waals surface area contributed by atoms with Crippen LogP contribution in [0.15, 0.2) is 24.3 Å². The zero-order chi connectivity index (χ0) is 12.8. The molecule has 2 nitrogen and oxygen atoms in total. The Morgan fingerprint density at radius 1 is 1.33 bits per heavy atom. The zero-order valence-corrected chi connectivity index (χ0v) is 11.3. The molecule has 1 atom stereocenters. The van der Waals surface area contributed by atoms with Crippen molar-refractivity contribution in [1.29, 1.82) is 0 Å². The summed E-state index contributed by atoms with van der Waals surface area (Å²) in [6, 6.07) is 8.39. The fraction of sp³-hybridized carbons (Fsp3) is 0.625. The Morgan fingerprint density at radius 2 is 2.11 bits per heavy atom. The van der Waals surface area contributed by atoms with Crippen molar-refractivity contribution < 1.29 is 9.84 Å². The summed E-state index contributed by atoms with van der Waals surface area (Å²) in [4.78, 5) is 0. The van der Waals surface area contributed by atoms with Gasteiger partial charge in [-0.1, -0.05) is 30.7 Å². The van der Waals surface area contributed by atoms with Crippen LogP contribution >= 0.6 is 0 Å². The molecular weight excluding hydrogens is 224 g/mol. The average molecular weight is 248 g/mol. The zero-order valence-electron chi connectivity index (χ0n) is 11.3. The molecule has 1 fully saturated rings. The van der Waals surface area contributed by atoms with Crippen LogP contribution in [0.5, 0.6) is 0 Å². The summed E-state index contributed by atoms with van der Waals surface area (Å²) in [7, 11) is 0. The van der Waals surface area contributed by atoms with Crippen LogP contribution in [0.3, 0.4) is 0 Å². The van der Waals surface area contributed by atoms with E-state index in [4.69, 9.17) is 4.74 Å². The lowest BCUT2D eigenvalue weighted by Gasteiger charge is -2.29. The number of benzene rings is 1. The first-order valence-corrected chi connectivity index (χ1v) is 7.17. The largest absolute Gasteiger partial charge is 0.388 e. The van der Waals surface area contributed by atoms with Crippen molar-refractivity contribution in [3.63, 3.8) is 0 Å². The Labute approximate surface area is 110 Å². The Hall–Kier alpha value is -0.860. The highest BCUT2D eigenvalue weighted by Gasteiger charge is 2.23. The molecule has 100 valence electrons. The van der Waals surface area contributed by atoms with Gasteiger partial charge in [0, 0.05) is 13.2 Å². The fourth-order valence-electron chi connectivity index (χ4n) is 2.58. The molecule has 0 heterocycles. The molecule has 1 aromatic rings. The van der Waals surface area contributed by atoms with Gasteiger partial charge in [0.1, 0.15) is 0 Å². The molecule has 0 aromatic heterocycles. The van der Waals surface area contributed by atoms with E-state index < -0.39 is 0 Å². The molecular formula is C16H24O2. The maximum atomic E-state index is 10.3. The Balaban J connectivity index is 1.93. The van der Waals surface area contributed by atoms with Crippen LogP contribution in [0.1, 0.15) is 62.2 Å². The predicted octanol–water partition coefficient (Wildman–Crippen LogP) is 3.80. The van der Waals surface area contributed by atoms with Crippen molar-refractivity contribution >= 4 is 0 Å². The van der Waals surface area contributed by atoms with E-state index >= 15 is 0 Å². The Morgan fingerprint density at radius 3 is 2.78 bits per heavy atom. The smallest absolute Gasteiger partial charge is 0.0793 e. The molecule has 1 saturated carbocycles. The molecule has 0 saturated heterocycles. The van der Waals surface area contributed by atoms with Gasteiger partial charge in [-0.05, 0) is 49.7 Å². The first kappa shape index (κ1) is 13.6. The third-order valence-electron chi connectivity index (χ3n) is 3.87. The molecule has 0 aliphatic heterocycles. The fourth-order valence-corrected chi connectivity index (χ4v) is 2.58. The summed E-state index contributed by atoms with van der Waals surface area (Å²) in [5.74, 6) is 0.683. The molecule has 18 heavy (non-hydrogen) atoms. The summed E-state index contributed by atoms with van der Waals surface area (Å²) in [5, 5.41) is 10.3. The number of rotatable bonds is 7. The number of ether oxygens (including phenoxy) is 1. The third-order valence-corrected chi connectivity index (χ3v) is 3.87. The van der Waals surface area contributed by atoms with Crippen LogP contribution in [-0.4, -0.2) is 18.3 Å². The quantitative estimate of drug-likeness (QED) is 0.744. The van der Waals surface area contributed by atoms with E-state index in [0.717, 1.165) is 31.6 Å². The first-order valence-electron chi connectivity index (χ1n) is 7.17. The third kappa shape index (κ3) is 3.33. The second kappa shape index (κ2) is 6.91. The second-order valence-corrected chi connectivity index (χ2v) is 5.11. The highest BCUT2D eigenvalue weighted by molar-refractivity contribution is 5.33. The maximum Gasteiger partial charge on any atom is 0.0793 e. The predicted molar refractivity (Wildman–Crippen MR) is 73.7 cm³/mol. The number of aliphatic hydroxyl groups is 1. The van der Waals surface area contributed by atoms with Gasteiger partial charge >= 0.3 is 0 Å². The summed E-state index contributed by atoms with van der Waals surface area (Å²) in [5.41, 5.74) is 2.51. The van der Waals surface area contributed by atoms with Gasteiger partial charge in [-0.3, -0.25) is 0 Å². The average Bonchev–Trinajstić information content (AvgIpc) is 2.33. The van der Waals surface area contributed by atoms with Crippen LogP contribution in [0.4, 0.5) is 0 Å². The summed E-state index contributed by atoms with van der Waals surface area (Å²) in [6.07, 6.45) is 5.28. The van der Waals surface area contributed by atoms with Gasteiger partial charge in [-0.15, -0.1) is 0 Å². The Bertz CT molecular complexity index is 358. The van der Waals surface area contributed by atoms with Crippen LogP contribution < -0.4 is 0 Å². The van der Waals surface area contributed by atoms with Gasteiger partial charge in [0.2, 0.25) is 0 Å². The molecule has 2 heteroatoms. The van der Waals surface area contributed by atoms with E-state index in [1.165, 1.54) is 24.8 Å².